The number of imide groups is 1. The van der Waals surface area contributed by atoms with E-state index >= 15 is 0 Å². The Kier molecular flexibility index (Phi) is 6.97. The van der Waals surface area contributed by atoms with E-state index in [2.05, 4.69) is 6.58 Å². The lowest BCUT2D eigenvalue weighted by Gasteiger charge is -2.25. The lowest BCUT2D eigenvalue weighted by atomic mass is 10.1. The number of aryl methyl sites for hydroxylation is 1. The first-order valence-electron chi connectivity index (χ1n) is 10.0. The van der Waals surface area contributed by atoms with E-state index < -0.39 is 17.8 Å². The van der Waals surface area contributed by atoms with Crippen molar-refractivity contribution in [1.82, 2.24) is 5.06 Å². The molecule has 0 unspecified atom stereocenters. The van der Waals surface area contributed by atoms with Gasteiger partial charge in [0, 0.05) is 19.3 Å². The highest BCUT2D eigenvalue weighted by Crippen LogP contribution is 2.25. The number of hydrogen-bond acceptors (Lipinski definition) is 5. The van der Waals surface area contributed by atoms with Gasteiger partial charge in [-0.1, -0.05) is 55.1 Å². The van der Waals surface area contributed by atoms with Crippen LogP contribution in [0, 0.1) is 6.92 Å². The maximum absolute atomic E-state index is 13.1. The standard InChI is InChI=1S/C24H24N2O5/c1-3-18-9-6-7-11-20(18)25(16-19-10-5-4-8-17(19)2)21(27)14-15-24(30)31-26-22(28)12-13-23(26)29/h3-11H,1,12-16H2,2H3. The molecular formula is C24H24N2O5. The molecule has 0 spiro atoms. The molecule has 3 amide bonds. The molecule has 0 N–H and O–H groups in total. The third kappa shape index (κ3) is 5.25. The fraction of sp³-hybridized carbons (Fsp3) is 0.250. The van der Waals surface area contributed by atoms with Crippen molar-refractivity contribution in [3.05, 3.63) is 71.8 Å². The van der Waals surface area contributed by atoms with Gasteiger partial charge in [-0.2, -0.15) is 0 Å². The van der Waals surface area contributed by atoms with Gasteiger partial charge in [-0.05, 0) is 29.7 Å². The fourth-order valence-electron chi connectivity index (χ4n) is 3.32. The average Bonchev–Trinajstić information content (AvgIpc) is 3.09. The Balaban J connectivity index is 1.75. The van der Waals surface area contributed by atoms with E-state index in [1.165, 1.54) is 0 Å². The molecule has 2 aromatic rings. The van der Waals surface area contributed by atoms with Crippen LogP contribution in [0.15, 0.2) is 55.1 Å². The summed E-state index contributed by atoms with van der Waals surface area (Å²) in [6, 6.07) is 15.1. The number of rotatable bonds is 8. The summed E-state index contributed by atoms with van der Waals surface area (Å²) in [5.74, 6) is -2.19. The molecule has 1 fully saturated rings. The molecule has 0 bridgehead atoms. The van der Waals surface area contributed by atoms with Gasteiger partial charge in [-0.25, -0.2) is 4.79 Å². The van der Waals surface area contributed by atoms with Crippen LogP contribution in [0.25, 0.3) is 6.08 Å². The third-order valence-electron chi connectivity index (χ3n) is 5.08. The number of benzene rings is 2. The van der Waals surface area contributed by atoms with E-state index in [1.54, 1.807) is 11.0 Å². The molecule has 3 rings (SSSR count). The highest BCUT2D eigenvalue weighted by atomic mass is 16.7. The van der Waals surface area contributed by atoms with E-state index in [9.17, 15) is 19.2 Å². The van der Waals surface area contributed by atoms with Gasteiger partial charge in [0.2, 0.25) is 5.91 Å². The van der Waals surface area contributed by atoms with E-state index in [-0.39, 0.29) is 31.6 Å². The molecule has 0 saturated carbocycles. The Hall–Kier alpha value is -3.74. The minimum absolute atomic E-state index is 0.0214. The zero-order chi connectivity index (χ0) is 22.4. The predicted molar refractivity (Wildman–Crippen MR) is 115 cm³/mol. The molecule has 0 radical (unpaired) electrons. The molecule has 1 saturated heterocycles. The number of para-hydroxylation sites is 1. The zero-order valence-electron chi connectivity index (χ0n) is 17.4. The van der Waals surface area contributed by atoms with E-state index in [4.69, 9.17) is 4.84 Å². The van der Waals surface area contributed by atoms with Crippen molar-refractivity contribution in [2.24, 2.45) is 0 Å². The summed E-state index contributed by atoms with van der Waals surface area (Å²) >= 11 is 0. The van der Waals surface area contributed by atoms with E-state index in [1.807, 2.05) is 55.5 Å². The van der Waals surface area contributed by atoms with Crippen LogP contribution < -0.4 is 4.90 Å². The molecule has 31 heavy (non-hydrogen) atoms. The van der Waals surface area contributed by atoms with Crippen molar-refractivity contribution >= 4 is 35.5 Å². The van der Waals surface area contributed by atoms with Crippen LogP contribution in [0.5, 0.6) is 0 Å². The van der Waals surface area contributed by atoms with Crippen molar-refractivity contribution in [1.29, 1.82) is 0 Å². The van der Waals surface area contributed by atoms with Crippen molar-refractivity contribution in [2.45, 2.75) is 39.2 Å². The minimum Gasteiger partial charge on any atom is -0.330 e. The minimum atomic E-state index is -0.801. The van der Waals surface area contributed by atoms with Gasteiger partial charge < -0.3 is 9.74 Å². The molecule has 1 aliphatic rings. The number of amides is 3. The first kappa shape index (κ1) is 22.0. The molecular weight excluding hydrogens is 396 g/mol. The van der Waals surface area contributed by atoms with Gasteiger partial charge in [-0.15, -0.1) is 5.06 Å². The molecule has 7 heteroatoms. The number of nitrogens with zero attached hydrogens (tertiary/aromatic N) is 2. The fourth-order valence-corrected chi connectivity index (χ4v) is 3.32. The summed E-state index contributed by atoms with van der Waals surface area (Å²) in [6.45, 7) is 6.12. The number of hydroxylamine groups is 2. The van der Waals surface area contributed by atoms with Crippen molar-refractivity contribution in [3.63, 3.8) is 0 Å². The summed E-state index contributed by atoms with van der Waals surface area (Å²) in [7, 11) is 0. The Bertz CT molecular complexity index is 1010. The molecule has 160 valence electrons. The number of anilines is 1. The summed E-state index contributed by atoms with van der Waals surface area (Å²) in [6.07, 6.45) is 1.33. The second-order valence-electron chi connectivity index (χ2n) is 7.21. The van der Waals surface area contributed by atoms with Crippen LogP contribution in [0.1, 0.15) is 42.4 Å². The van der Waals surface area contributed by atoms with Crippen molar-refractivity contribution < 1.29 is 24.0 Å². The maximum Gasteiger partial charge on any atom is 0.333 e. The topological polar surface area (TPSA) is 84.0 Å². The molecule has 2 aromatic carbocycles. The number of hydrogen-bond donors (Lipinski definition) is 0. The highest BCUT2D eigenvalue weighted by molar-refractivity contribution is 6.02. The Labute approximate surface area is 180 Å². The van der Waals surface area contributed by atoms with Crippen LogP contribution >= 0.6 is 0 Å². The van der Waals surface area contributed by atoms with Crippen LogP contribution in [0.3, 0.4) is 0 Å². The lowest BCUT2D eigenvalue weighted by molar-refractivity contribution is -0.197. The molecule has 0 aliphatic carbocycles. The predicted octanol–water partition coefficient (Wildman–Crippen LogP) is 3.56. The monoisotopic (exact) mass is 420 g/mol. The summed E-state index contributed by atoms with van der Waals surface area (Å²) in [4.78, 5) is 54.9. The Morgan fingerprint density at radius 3 is 2.35 bits per heavy atom. The second kappa shape index (κ2) is 9.84. The van der Waals surface area contributed by atoms with Crippen LogP contribution in [0.2, 0.25) is 0 Å². The van der Waals surface area contributed by atoms with E-state index in [0.29, 0.717) is 17.3 Å². The zero-order valence-corrected chi connectivity index (χ0v) is 17.4. The van der Waals surface area contributed by atoms with Crippen molar-refractivity contribution in [3.8, 4) is 0 Å². The van der Waals surface area contributed by atoms with Crippen LogP contribution in [-0.4, -0.2) is 28.8 Å². The highest BCUT2D eigenvalue weighted by Gasteiger charge is 2.33. The van der Waals surface area contributed by atoms with Gasteiger partial charge in [0.05, 0.1) is 18.7 Å². The molecule has 7 nitrogen and oxygen atoms in total. The third-order valence-corrected chi connectivity index (χ3v) is 5.08. The van der Waals surface area contributed by atoms with Crippen LogP contribution in [-0.2, 0) is 30.6 Å². The average molecular weight is 420 g/mol. The molecule has 1 heterocycles. The van der Waals surface area contributed by atoms with Crippen molar-refractivity contribution in [2.75, 3.05) is 4.90 Å². The smallest absolute Gasteiger partial charge is 0.330 e. The summed E-state index contributed by atoms with van der Waals surface area (Å²) in [5.41, 5.74) is 3.50. The largest absolute Gasteiger partial charge is 0.333 e. The first-order valence-corrected chi connectivity index (χ1v) is 10.0. The van der Waals surface area contributed by atoms with Gasteiger partial charge in [-0.3, -0.25) is 14.4 Å². The SMILES string of the molecule is C=Cc1ccccc1N(Cc1ccccc1C)C(=O)CCC(=O)ON1C(=O)CCC1=O. The normalized spacial score (nSPS) is 13.3. The Morgan fingerprint density at radius 1 is 1.03 bits per heavy atom. The Morgan fingerprint density at radius 2 is 1.68 bits per heavy atom. The molecule has 0 aromatic heterocycles. The first-order chi connectivity index (χ1) is 14.9. The van der Waals surface area contributed by atoms with E-state index in [0.717, 1.165) is 16.7 Å². The lowest BCUT2D eigenvalue weighted by Crippen LogP contribution is -2.34. The maximum atomic E-state index is 13.1. The second-order valence-corrected chi connectivity index (χ2v) is 7.21. The summed E-state index contributed by atoms with van der Waals surface area (Å²) in [5, 5.41) is 0.491. The summed E-state index contributed by atoms with van der Waals surface area (Å²) < 4.78 is 0. The molecule has 0 atom stereocenters. The van der Waals surface area contributed by atoms with Gasteiger partial charge in [0.1, 0.15) is 0 Å². The van der Waals surface area contributed by atoms with Gasteiger partial charge in [0.15, 0.2) is 0 Å². The quantitative estimate of drug-likeness (QED) is 0.610. The van der Waals surface area contributed by atoms with Crippen LogP contribution in [0.4, 0.5) is 5.69 Å². The molecule has 1 aliphatic heterocycles. The van der Waals surface area contributed by atoms with Gasteiger partial charge >= 0.3 is 5.97 Å². The van der Waals surface area contributed by atoms with Gasteiger partial charge in [0.25, 0.3) is 11.8 Å². The number of carbonyl (C=O) groups is 4. The number of carbonyl (C=O) groups excluding carboxylic acids is 4.